The minimum Gasteiger partial charge on any atom is -0.456 e. The molecule has 2 aromatic rings. The van der Waals surface area contributed by atoms with E-state index in [1.807, 2.05) is 13.8 Å². The van der Waals surface area contributed by atoms with Gasteiger partial charge in [-0.1, -0.05) is 6.92 Å². The summed E-state index contributed by atoms with van der Waals surface area (Å²) in [6.45, 7) is 3.83. The van der Waals surface area contributed by atoms with Gasteiger partial charge in [0.1, 0.15) is 17.4 Å². The van der Waals surface area contributed by atoms with Crippen LogP contribution in [0.15, 0.2) is 28.7 Å². The lowest BCUT2D eigenvalue weighted by atomic mass is 10.0. The average Bonchev–Trinajstić information content (AvgIpc) is 3.11. The van der Waals surface area contributed by atoms with E-state index in [2.05, 4.69) is 0 Å². The maximum absolute atomic E-state index is 14.1. The third-order valence-electron chi connectivity index (χ3n) is 4.41. The fourth-order valence-corrected chi connectivity index (χ4v) is 3.22. The first-order chi connectivity index (χ1) is 11.4. The van der Waals surface area contributed by atoms with Gasteiger partial charge >= 0.3 is 0 Å². The molecule has 1 amide bonds. The maximum atomic E-state index is 14.1. The Bertz CT molecular complexity index is 772. The van der Waals surface area contributed by atoms with E-state index in [-0.39, 0.29) is 24.3 Å². The fraction of sp³-hybridized carbons (Fsp3) is 0.389. The Morgan fingerprint density at radius 1 is 1.38 bits per heavy atom. The third kappa shape index (κ3) is 2.94. The molecule has 2 heterocycles. The summed E-state index contributed by atoms with van der Waals surface area (Å²) >= 11 is 0. The van der Waals surface area contributed by atoms with Gasteiger partial charge in [0.2, 0.25) is 0 Å². The normalized spacial score (nSPS) is 20.6. The molecule has 128 valence electrons. The molecular formula is C18H19F2NO3. The van der Waals surface area contributed by atoms with E-state index in [1.165, 1.54) is 4.90 Å². The van der Waals surface area contributed by atoms with E-state index in [1.54, 1.807) is 6.07 Å². The molecule has 0 bridgehead atoms. The molecule has 1 fully saturated rings. The SMILES string of the molecule is CCc1oc(C(=O)N2CC(O)CC2c2cc(F)ccc2F)cc1C. The number of carbonyl (C=O) groups is 1. The Morgan fingerprint density at radius 3 is 2.79 bits per heavy atom. The Morgan fingerprint density at radius 2 is 2.12 bits per heavy atom. The van der Waals surface area contributed by atoms with Gasteiger partial charge in [-0.3, -0.25) is 4.79 Å². The van der Waals surface area contributed by atoms with E-state index >= 15 is 0 Å². The number of carbonyl (C=O) groups excluding carboxylic acids is 1. The van der Waals surface area contributed by atoms with Gasteiger partial charge in [0.05, 0.1) is 12.1 Å². The first kappa shape index (κ1) is 16.6. The van der Waals surface area contributed by atoms with Crippen molar-refractivity contribution in [1.29, 1.82) is 0 Å². The van der Waals surface area contributed by atoms with E-state index in [0.29, 0.717) is 12.2 Å². The quantitative estimate of drug-likeness (QED) is 0.935. The monoisotopic (exact) mass is 335 g/mol. The van der Waals surface area contributed by atoms with Crippen LogP contribution >= 0.6 is 0 Å². The highest BCUT2D eigenvalue weighted by molar-refractivity contribution is 5.92. The smallest absolute Gasteiger partial charge is 0.290 e. The van der Waals surface area contributed by atoms with Crippen molar-refractivity contribution in [3.63, 3.8) is 0 Å². The molecular weight excluding hydrogens is 316 g/mol. The minimum atomic E-state index is -0.789. The Balaban J connectivity index is 1.95. The molecule has 1 aromatic carbocycles. The first-order valence-corrected chi connectivity index (χ1v) is 7.94. The average molecular weight is 335 g/mol. The van der Waals surface area contributed by atoms with Crippen LogP contribution in [-0.4, -0.2) is 28.6 Å². The number of likely N-dealkylation sites (tertiary alicyclic amines) is 1. The number of hydrogen-bond donors (Lipinski definition) is 1. The molecule has 1 saturated heterocycles. The van der Waals surface area contributed by atoms with Gasteiger partial charge in [0, 0.05) is 18.5 Å². The molecule has 6 heteroatoms. The second-order valence-electron chi connectivity index (χ2n) is 6.10. The molecule has 4 nitrogen and oxygen atoms in total. The highest BCUT2D eigenvalue weighted by Crippen LogP contribution is 2.35. The summed E-state index contributed by atoms with van der Waals surface area (Å²) in [5.41, 5.74) is 0.938. The predicted octanol–water partition coefficient (Wildman–Crippen LogP) is 3.38. The minimum absolute atomic E-state index is 0.0562. The van der Waals surface area contributed by atoms with Crippen molar-refractivity contribution < 1.29 is 23.1 Å². The van der Waals surface area contributed by atoms with Gasteiger partial charge in [-0.05, 0) is 43.2 Å². The largest absolute Gasteiger partial charge is 0.456 e. The van der Waals surface area contributed by atoms with Crippen LogP contribution in [0, 0.1) is 18.6 Å². The predicted molar refractivity (Wildman–Crippen MR) is 83.6 cm³/mol. The molecule has 0 radical (unpaired) electrons. The van der Waals surface area contributed by atoms with Crippen LogP contribution in [0.4, 0.5) is 8.78 Å². The van der Waals surface area contributed by atoms with Gasteiger partial charge in [0.15, 0.2) is 5.76 Å². The fourth-order valence-electron chi connectivity index (χ4n) is 3.22. The van der Waals surface area contributed by atoms with E-state index in [0.717, 1.165) is 23.8 Å². The number of aryl methyl sites for hydroxylation is 2. The third-order valence-corrected chi connectivity index (χ3v) is 4.41. The molecule has 2 unspecified atom stereocenters. The summed E-state index contributed by atoms with van der Waals surface area (Å²) in [5, 5.41) is 9.95. The second-order valence-corrected chi connectivity index (χ2v) is 6.10. The summed E-state index contributed by atoms with van der Waals surface area (Å²) < 4.78 is 33.2. The topological polar surface area (TPSA) is 53.7 Å². The Hall–Kier alpha value is -2.21. The van der Waals surface area contributed by atoms with Crippen LogP contribution in [0.1, 0.15) is 46.8 Å². The van der Waals surface area contributed by atoms with Crippen LogP contribution < -0.4 is 0 Å². The molecule has 24 heavy (non-hydrogen) atoms. The number of β-amino-alcohol motifs (C(OH)–C–C–N with tert-alkyl or cyclic N) is 1. The van der Waals surface area contributed by atoms with Crippen molar-refractivity contribution in [3.8, 4) is 0 Å². The molecule has 0 spiro atoms. The van der Waals surface area contributed by atoms with Gasteiger partial charge in [-0.25, -0.2) is 8.78 Å². The number of furan rings is 1. The van der Waals surface area contributed by atoms with Crippen LogP contribution in [0.3, 0.4) is 0 Å². The summed E-state index contributed by atoms with van der Waals surface area (Å²) in [6.07, 6.45) is 0.0270. The molecule has 2 atom stereocenters. The standard InChI is InChI=1S/C18H19F2NO3/c1-3-16-10(2)6-17(24-16)18(23)21-9-12(22)8-15(21)13-7-11(19)4-5-14(13)20/h4-7,12,15,22H,3,8-9H2,1-2H3. The lowest BCUT2D eigenvalue weighted by Gasteiger charge is -2.24. The summed E-state index contributed by atoms with van der Waals surface area (Å²) in [4.78, 5) is 14.1. The lowest BCUT2D eigenvalue weighted by molar-refractivity contribution is 0.0680. The van der Waals surface area contributed by atoms with Crippen molar-refractivity contribution in [3.05, 3.63) is 58.5 Å². The van der Waals surface area contributed by atoms with Crippen molar-refractivity contribution in [2.24, 2.45) is 0 Å². The van der Waals surface area contributed by atoms with Gasteiger partial charge < -0.3 is 14.4 Å². The van der Waals surface area contributed by atoms with Crippen molar-refractivity contribution in [2.75, 3.05) is 6.54 Å². The van der Waals surface area contributed by atoms with E-state index in [4.69, 9.17) is 4.42 Å². The number of hydrogen-bond acceptors (Lipinski definition) is 3. The lowest BCUT2D eigenvalue weighted by Crippen LogP contribution is -2.32. The number of amides is 1. The molecule has 3 rings (SSSR count). The molecule has 1 N–H and O–H groups in total. The first-order valence-electron chi connectivity index (χ1n) is 7.94. The highest BCUT2D eigenvalue weighted by atomic mass is 19.1. The van der Waals surface area contributed by atoms with Crippen molar-refractivity contribution in [1.82, 2.24) is 4.90 Å². The number of halogens is 2. The molecule has 0 aliphatic carbocycles. The van der Waals surface area contributed by atoms with E-state index < -0.39 is 29.7 Å². The molecule has 1 aromatic heterocycles. The number of rotatable bonds is 3. The number of aliphatic hydroxyl groups excluding tert-OH is 1. The van der Waals surface area contributed by atoms with Gasteiger partial charge in [-0.15, -0.1) is 0 Å². The van der Waals surface area contributed by atoms with Crippen LogP contribution in [-0.2, 0) is 6.42 Å². The zero-order valence-corrected chi connectivity index (χ0v) is 13.6. The molecule has 1 aliphatic rings. The zero-order valence-electron chi connectivity index (χ0n) is 13.6. The molecule has 0 saturated carbocycles. The number of nitrogens with zero attached hydrogens (tertiary/aromatic N) is 1. The van der Waals surface area contributed by atoms with Crippen LogP contribution in [0.25, 0.3) is 0 Å². The molecule has 1 aliphatic heterocycles. The zero-order chi connectivity index (χ0) is 17.4. The summed E-state index contributed by atoms with van der Waals surface area (Å²) in [6, 6.07) is 4.05. The van der Waals surface area contributed by atoms with Crippen LogP contribution in [0.2, 0.25) is 0 Å². The number of aliphatic hydroxyl groups is 1. The summed E-state index contributed by atoms with van der Waals surface area (Å²) in [5.74, 6) is -0.740. The maximum Gasteiger partial charge on any atom is 0.290 e. The van der Waals surface area contributed by atoms with E-state index in [9.17, 15) is 18.7 Å². The highest BCUT2D eigenvalue weighted by Gasteiger charge is 2.38. The van der Waals surface area contributed by atoms with Crippen molar-refractivity contribution >= 4 is 5.91 Å². The number of benzene rings is 1. The van der Waals surface area contributed by atoms with Crippen LogP contribution in [0.5, 0.6) is 0 Å². The van der Waals surface area contributed by atoms with Gasteiger partial charge in [0.25, 0.3) is 5.91 Å². The Labute approximate surface area is 138 Å². The summed E-state index contributed by atoms with van der Waals surface area (Å²) in [7, 11) is 0. The van der Waals surface area contributed by atoms with Gasteiger partial charge in [-0.2, -0.15) is 0 Å². The Kier molecular flexibility index (Phi) is 4.41. The second kappa shape index (κ2) is 6.36. The van der Waals surface area contributed by atoms with Crippen molar-refractivity contribution in [2.45, 2.75) is 38.8 Å².